The first kappa shape index (κ1) is 8.23. The van der Waals surface area contributed by atoms with Gasteiger partial charge in [-0.2, -0.15) is 0 Å². The van der Waals surface area contributed by atoms with E-state index in [2.05, 4.69) is 6.07 Å². The molecule has 1 rings (SSSR count). The fraction of sp³-hybridized carbons (Fsp3) is 0.143. The van der Waals surface area contributed by atoms with Gasteiger partial charge in [-0.15, -0.1) is 0 Å². The van der Waals surface area contributed by atoms with Gasteiger partial charge in [0, 0.05) is 0 Å². The Balaban J connectivity index is 2.82. The van der Waals surface area contributed by atoms with Crippen LogP contribution in [-0.4, -0.2) is 8.42 Å². The Kier molecular flexibility index (Phi) is 2.26. The molecule has 1 aromatic carbocycles. The van der Waals surface area contributed by atoms with Gasteiger partial charge in [0.2, 0.25) is 10.0 Å². The van der Waals surface area contributed by atoms with Crippen molar-refractivity contribution in [1.82, 2.24) is 0 Å². The lowest BCUT2D eigenvalue weighted by atomic mass is 10.2. The molecule has 59 valence electrons. The van der Waals surface area contributed by atoms with Crippen LogP contribution in [0.3, 0.4) is 0 Å². The van der Waals surface area contributed by atoms with E-state index in [1.54, 1.807) is 24.3 Å². The van der Waals surface area contributed by atoms with Crippen LogP contribution in [0.4, 0.5) is 0 Å². The molecule has 0 heterocycles. The first-order chi connectivity index (χ1) is 5.08. The lowest BCUT2D eigenvalue weighted by molar-refractivity contribution is 0.597. The number of rotatable bonds is 2. The van der Waals surface area contributed by atoms with Gasteiger partial charge in [-0.3, -0.25) is 0 Å². The summed E-state index contributed by atoms with van der Waals surface area (Å²) in [7, 11) is -3.41. The molecule has 1 aromatic rings. The maximum Gasteiger partial charge on any atom is 0.213 e. The first-order valence-corrected chi connectivity index (χ1v) is 4.75. The van der Waals surface area contributed by atoms with Gasteiger partial charge in [-0.25, -0.2) is 13.6 Å². The predicted molar refractivity (Wildman–Crippen MR) is 42.1 cm³/mol. The van der Waals surface area contributed by atoms with Crippen LogP contribution in [0.5, 0.6) is 0 Å². The Morgan fingerprint density at radius 2 is 2.18 bits per heavy atom. The Labute approximate surface area is 65.9 Å². The fourth-order valence-electron chi connectivity index (χ4n) is 0.737. The van der Waals surface area contributed by atoms with Crippen molar-refractivity contribution in [1.29, 1.82) is 0 Å². The predicted octanol–water partition coefficient (Wildman–Crippen LogP) is 0.275. The van der Waals surface area contributed by atoms with Crippen LogP contribution >= 0.6 is 0 Å². The molecule has 0 atom stereocenters. The SMILES string of the molecule is NS(=O)(=O)Cc1[c]cccc1. The smallest absolute Gasteiger partial charge is 0.213 e. The van der Waals surface area contributed by atoms with E-state index in [-0.39, 0.29) is 5.75 Å². The maximum absolute atomic E-state index is 10.6. The number of nitrogens with two attached hydrogens (primary N) is 1. The average molecular weight is 170 g/mol. The highest BCUT2D eigenvalue weighted by Gasteiger charge is 2.02. The van der Waals surface area contributed by atoms with Crippen LogP contribution in [0, 0.1) is 6.07 Å². The molecule has 11 heavy (non-hydrogen) atoms. The highest BCUT2D eigenvalue weighted by molar-refractivity contribution is 7.88. The van der Waals surface area contributed by atoms with Gasteiger partial charge in [-0.1, -0.05) is 24.3 Å². The molecule has 0 unspecified atom stereocenters. The summed E-state index contributed by atoms with van der Waals surface area (Å²) in [5.74, 6) is -0.145. The molecule has 0 aromatic heterocycles. The summed E-state index contributed by atoms with van der Waals surface area (Å²) in [4.78, 5) is 0. The first-order valence-electron chi connectivity index (χ1n) is 3.04. The summed E-state index contributed by atoms with van der Waals surface area (Å²) in [5.41, 5.74) is 0.593. The molecule has 0 spiro atoms. The van der Waals surface area contributed by atoms with Crippen molar-refractivity contribution in [3.63, 3.8) is 0 Å². The molecular weight excluding hydrogens is 162 g/mol. The van der Waals surface area contributed by atoms with Crippen molar-refractivity contribution in [3.8, 4) is 0 Å². The zero-order valence-corrected chi connectivity index (χ0v) is 6.64. The van der Waals surface area contributed by atoms with Gasteiger partial charge in [0.05, 0.1) is 5.75 Å². The van der Waals surface area contributed by atoms with E-state index in [1.165, 1.54) is 0 Å². The summed E-state index contributed by atoms with van der Waals surface area (Å²) in [6.45, 7) is 0. The minimum atomic E-state index is -3.41. The zero-order valence-electron chi connectivity index (χ0n) is 5.82. The van der Waals surface area contributed by atoms with Crippen LogP contribution in [0.2, 0.25) is 0 Å². The Morgan fingerprint density at radius 1 is 1.45 bits per heavy atom. The number of sulfonamides is 1. The molecule has 4 heteroatoms. The summed E-state index contributed by atoms with van der Waals surface area (Å²) in [6.07, 6.45) is 0. The topological polar surface area (TPSA) is 60.2 Å². The molecule has 0 amide bonds. The van der Waals surface area contributed by atoms with E-state index in [4.69, 9.17) is 5.14 Å². The Bertz CT molecular complexity index is 318. The second-order valence-electron chi connectivity index (χ2n) is 2.20. The monoisotopic (exact) mass is 170 g/mol. The van der Waals surface area contributed by atoms with E-state index in [1.807, 2.05) is 0 Å². The standard InChI is InChI=1S/C7H8NO2S/c8-11(9,10)6-7-4-2-1-3-5-7/h1-4H,6H2,(H2,8,9,10). The van der Waals surface area contributed by atoms with Crippen molar-refractivity contribution in [2.45, 2.75) is 5.75 Å². The minimum absolute atomic E-state index is 0.145. The summed E-state index contributed by atoms with van der Waals surface area (Å²) in [5, 5.41) is 4.82. The van der Waals surface area contributed by atoms with Gasteiger partial charge in [0.15, 0.2) is 0 Å². The molecule has 0 aliphatic carbocycles. The van der Waals surface area contributed by atoms with Crippen LogP contribution in [-0.2, 0) is 15.8 Å². The van der Waals surface area contributed by atoms with Crippen molar-refractivity contribution in [3.05, 3.63) is 35.9 Å². The Hall–Kier alpha value is -0.870. The molecule has 0 aliphatic rings. The van der Waals surface area contributed by atoms with E-state index < -0.39 is 10.0 Å². The number of primary sulfonamides is 1. The molecule has 1 radical (unpaired) electrons. The van der Waals surface area contributed by atoms with Crippen molar-refractivity contribution < 1.29 is 8.42 Å². The Morgan fingerprint density at radius 3 is 2.64 bits per heavy atom. The van der Waals surface area contributed by atoms with Crippen LogP contribution < -0.4 is 5.14 Å². The third-order valence-corrected chi connectivity index (χ3v) is 1.84. The van der Waals surface area contributed by atoms with Crippen molar-refractivity contribution in [2.75, 3.05) is 0 Å². The van der Waals surface area contributed by atoms with Crippen molar-refractivity contribution in [2.24, 2.45) is 5.14 Å². The van der Waals surface area contributed by atoms with E-state index in [9.17, 15) is 8.42 Å². The third-order valence-electron chi connectivity index (χ3n) is 1.13. The lowest BCUT2D eigenvalue weighted by Gasteiger charge is -1.95. The van der Waals surface area contributed by atoms with Gasteiger partial charge in [-0.05, 0) is 11.6 Å². The normalized spacial score (nSPS) is 11.4. The van der Waals surface area contributed by atoms with Crippen LogP contribution in [0.15, 0.2) is 24.3 Å². The molecule has 0 saturated carbocycles. The van der Waals surface area contributed by atoms with Crippen molar-refractivity contribution >= 4 is 10.0 Å². The van der Waals surface area contributed by atoms with Crippen LogP contribution in [0.1, 0.15) is 5.56 Å². The summed E-state index contributed by atoms with van der Waals surface area (Å²) >= 11 is 0. The van der Waals surface area contributed by atoms with Gasteiger partial charge < -0.3 is 0 Å². The molecule has 0 fully saturated rings. The second-order valence-corrected chi connectivity index (χ2v) is 3.81. The number of hydrogen-bond acceptors (Lipinski definition) is 2. The minimum Gasteiger partial charge on any atom is -0.228 e. The highest BCUT2D eigenvalue weighted by atomic mass is 32.2. The molecule has 0 aliphatic heterocycles. The largest absolute Gasteiger partial charge is 0.228 e. The molecule has 2 N–H and O–H groups in total. The maximum atomic E-state index is 10.6. The second kappa shape index (κ2) is 3.02. The van der Waals surface area contributed by atoms with E-state index in [0.29, 0.717) is 5.56 Å². The zero-order chi connectivity index (χ0) is 8.32. The highest BCUT2D eigenvalue weighted by Crippen LogP contribution is 2.00. The molecule has 0 bridgehead atoms. The molecule has 3 nitrogen and oxygen atoms in total. The average Bonchev–Trinajstić information content (AvgIpc) is 1.85. The molecular formula is C7H8NO2S. The lowest BCUT2D eigenvalue weighted by Crippen LogP contribution is -2.14. The van der Waals surface area contributed by atoms with Gasteiger partial charge in [0.25, 0.3) is 0 Å². The van der Waals surface area contributed by atoms with E-state index in [0.717, 1.165) is 0 Å². The summed E-state index contributed by atoms with van der Waals surface area (Å²) in [6, 6.07) is 9.61. The van der Waals surface area contributed by atoms with Gasteiger partial charge in [0.1, 0.15) is 0 Å². The van der Waals surface area contributed by atoms with Crippen LogP contribution in [0.25, 0.3) is 0 Å². The summed E-state index contributed by atoms with van der Waals surface area (Å²) < 4.78 is 21.1. The third kappa shape index (κ3) is 3.15. The number of benzene rings is 1. The quantitative estimate of drug-likeness (QED) is 0.692. The molecule has 0 saturated heterocycles. The van der Waals surface area contributed by atoms with Gasteiger partial charge >= 0.3 is 0 Å². The number of hydrogen-bond donors (Lipinski definition) is 1. The van der Waals surface area contributed by atoms with E-state index >= 15 is 0 Å². The fourth-order valence-corrected chi connectivity index (χ4v) is 1.35.